The molecule has 0 saturated carbocycles. The van der Waals surface area contributed by atoms with Crippen molar-refractivity contribution in [2.24, 2.45) is 0 Å². The third-order valence-corrected chi connectivity index (χ3v) is 15.4. The first-order valence-electron chi connectivity index (χ1n) is 21.2. The summed E-state index contributed by atoms with van der Waals surface area (Å²) in [5.41, 5.74) is 7.66. The van der Waals surface area contributed by atoms with Crippen molar-refractivity contribution in [2.75, 3.05) is 0 Å². The van der Waals surface area contributed by atoms with Gasteiger partial charge in [-0.15, -0.1) is 22.7 Å². The lowest BCUT2D eigenvalue weighted by Gasteiger charge is -2.20. The number of halogens is 3. The molecule has 66 heavy (non-hydrogen) atoms. The molecule has 0 atom stereocenters. The maximum atomic E-state index is 14.0. The zero-order valence-corrected chi connectivity index (χ0v) is 36.1. The fourth-order valence-electron chi connectivity index (χ4n) is 10.1. The Kier molecular flexibility index (Phi) is 8.20. The van der Waals surface area contributed by atoms with Crippen molar-refractivity contribution < 1.29 is 13.2 Å². The summed E-state index contributed by atoms with van der Waals surface area (Å²) >= 11 is 3.55. The average Bonchev–Trinajstić information content (AvgIpc) is 4.11. The van der Waals surface area contributed by atoms with Crippen LogP contribution in [0.4, 0.5) is 24.5 Å². The van der Waals surface area contributed by atoms with Gasteiger partial charge in [-0.1, -0.05) is 115 Å². The van der Waals surface area contributed by atoms with Crippen LogP contribution in [0.1, 0.15) is 5.56 Å². The molecule has 310 valence electrons. The van der Waals surface area contributed by atoms with Crippen LogP contribution in [0, 0.1) is 13.1 Å². The molecule has 13 aromatic rings. The van der Waals surface area contributed by atoms with Gasteiger partial charge in [0.25, 0.3) is 0 Å². The summed E-state index contributed by atoms with van der Waals surface area (Å²) in [4.78, 5) is 7.57. The third kappa shape index (κ3) is 5.48. The van der Waals surface area contributed by atoms with Gasteiger partial charge in [-0.3, -0.25) is 0 Å². The molecule has 4 heterocycles. The van der Waals surface area contributed by atoms with Gasteiger partial charge in [0.1, 0.15) is 0 Å². The molecule has 0 aliphatic rings. The summed E-state index contributed by atoms with van der Waals surface area (Å²) in [6.07, 6.45) is -4.60. The zero-order valence-electron chi connectivity index (χ0n) is 34.5. The number of aromatic nitrogens is 2. The summed E-state index contributed by atoms with van der Waals surface area (Å²) in [6, 6.07) is 57.6. The molecule has 0 N–H and O–H groups in total. The van der Waals surface area contributed by atoms with Crippen LogP contribution < -0.4 is 0 Å². The molecular formula is C57H29F3N4S2. The van der Waals surface area contributed by atoms with E-state index in [9.17, 15) is 13.2 Å². The van der Waals surface area contributed by atoms with E-state index in [-0.39, 0.29) is 5.69 Å². The maximum absolute atomic E-state index is 14.0. The summed E-state index contributed by atoms with van der Waals surface area (Å²) < 4.78 is 51.4. The Morgan fingerprint density at radius 2 is 0.970 bits per heavy atom. The lowest BCUT2D eigenvalue weighted by molar-refractivity contribution is -0.137. The van der Waals surface area contributed by atoms with Crippen molar-refractivity contribution >= 4 is 118 Å². The van der Waals surface area contributed by atoms with Crippen molar-refractivity contribution in [3.8, 4) is 33.6 Å². The maximum Gasteiger partial charge on any atom is 0.415 e. The van der Waals surface area contributed by atoms with E-state index in [1.807, 2.05) is 48.5 Å². The lowest BCUT2D eigenvalue weighted by Crippen LogP contribution is -2.04. The van der Waals surface area contributed by atoms with Gasteiger partial charge in [0.05, 0.1) is 46.6 Å². The largest absolute Gasteiger partial charge is 0.415 e. The third-order valence-electron chi connectivity index (χ3n) is 13.0. The first kappa shape index (κ1) is 38.3. The highest BCUT2D eigenvalue weighted by Gasteiger charge is 2.31. The minimum absolute atomic E-state index is 0.0914. The molecule has 0 amide bonds. The van der Waals surface area contributed by atoms with Gasteiger partial charge in [-0.05, 0) is 77.4 Å². The molecule has 0 aliphatic heterocycles. The van der Waals surface area contributed by atoms with E-state index in [0.717, 1.165) is 88.3 Å². The number of hydrogen-bond acceptors (Lipinski definition) is 2. The van der Waals surface area contributed by atoms with Gasteiger partial charge in [0.15, 0.2) is 11.4 Å². The van der Waals surface area contributed by atoms with Crippen LogP contribution in [0.5, 0.6) is 0 Å². The Hall–Kier alpha value is -8.21. The monoisotopic (exact) mass is 890 g/mol. The van der Waals surface area contributed by atoms with Crippen molar-refractivity contribution in [1.82, 2.24) is 9.13 Å². The molecular weight excluding hydrogens is 862 g/mol. The molecule has 0 spiro atoms. The number of alkyl halides is 3. The smallest absolute Gasteiger partial charge is 0.309 e. The molecule has 9 aromatic carbocycles. The second-order valence-electron chi connectivity index (χ2n) is 16.5. The fraction of sp³-hybridized carbons (Fsp3) is 0.0175. The van der Waals surface area contributed by atoms with Crippen LogP contribution in [-0.4, -0.2) is 9.13 Å². The molecule has 13 rings (SSSR count). The topological polar surface area (TPSA) is 18.6 Å². The van der Waals surface area contributed by atoms with E-state index < -0.39 is 11.7 Å². The van der Waals surface area contributed by atoms with Gasteiger partial charge in [-0.25, -0.2) is 9.69 Å². The van der Waals surface area contributed by atoms with Crippen LogP contribution in [0.3, 0.4) is 0 Å². The zero-order chi connectivity index (χ0) is 44.4. The van der Waals surface area contributed by atoms with E-state index in [2.05, 4.69) is 128 Å². The molecule has 9 heteroatoms. The van der Waals surface area contributed by atoms with Gasteiger partial charge in [0.2, 0.25) is 0 Å². The molecule has 0 bridgehead atoms. The number of nitrogens with zero attached hydrogens (tertiary/aromatic N) is 4. The Bertz CT molecular complexity index is 4320. The van der Waals surface area contributed by atoms with Gasteiger partial charge >= 0.3 is 6.18 Å². The van der Waals surface area contributed by atoms with E-state index in [4.69, 9.17) is 13.1 Å². The van der Waals surface area contributed by atoms with E-state index in [1.165, 1.54) is 36.3 Å². The van der Waals surface area contributed by atoms with E-state index in [1.54, 1.807) is 22.7 Å². The summed E-state index contributed by atoms with van der Waals surface area (Å²) in [7, 11) is 0. The normalized spacial score (nSPS) is 12.1. The van der Waals surface area contributed by atoms with E-state index in [0.29, 0.717) is 16.8 Å². The van der Waals surface area contributed by atoms with Crippen LogP contribution in [0.2, 0.25) is 0 Å². The summed E-state index contributed by atoms with van der Waals surface area (Å²) in [5.74, 6) is 0. The molecule has 0 unspecified atom stereocenters. The second-order valence-corrected chi connectivity index (χ2v) is 18.6. The van der Waals surface area contributed by atoms with Crippen molar-refractivity contribution in [1.29, 1.82) is 0 Å². The molecule has 4 aromatic heterocycles. The number of benzene rings is 9. The number of thiophene rings is 2. The van der Waals surface area contributed by atoms with Crippen LogP contribution in [0.15, 0.2) is 176 Å². The number of fused-ring (bicyclic) bond motifs is 14. The highest BCUT2D eigenvalue weighted by atomic mass is 32.1. The van der Waals surface area contributed by atoms with Crippen molar-refractivity contribution in [2.45, 2.75) is 6.18 Å². The van der Waals surface area contributed by atoms with E-state index >= 15 is 0 Å². The molecule has 0 aliphatic carbocycles. The Labute approximate surface area is 382 Å². The lowest BCUT2D eigenvalue weighted by atomic mass is 9.95. The van der Waals surface area contributed by atoms with Crippen molar-refractivity contribution in [3.63, 3.8) is 0 Å². The van der Waals surface area contributed by atoms with Crippen LogP contribution >= 0.6 is 22.7 Å². The summed E-state index contributed by atoms with van der Waals surface area (Å²) in [6.45, 7) is 16.3. The Morgan fingerprint density at radius 1 is 0.424 bits per heavy atom. The fourth-order valence-corrected chi connectivity index (χ4v) is 12.7. The molecule has 4 nitrogen and oxygen atoms in total. The highest BCUT2D eigenvalue weighted by molar-refractivity contribution is 7.27. The van der Waals surface area contributed by atoms with Crippen LogP contribution in [-0.2, 0) is 6.18 Å². The molecule has 0 fully saturated rings. The highest BCUT2D eigenvalue weighted by Crippen LogP contribution is 2.49. The Balaban J connectivity index is 1.15. The first-order chi connectivity index (χ1) is 32.3. The first-order valence-corrected chi connectivity index (χ1v) is 22.8. The standard InChI is InChI=1S/C57H29F3N4S2/c1-61-34-21-26-47(63-45-15-7-3-13-41(45)53-48(63)27-24-39-37-11-5-9-17-51(37)65-55(39)53)43(31-34)36-22-19-32(35-23-20-33(57(58,59)60)30-44(35)62-2)29-50(36)64-46-16-8-4-14-42(46)54-49(64)28-25-40-38-12-6-10-18-52(38)66-56(40)54/h3-31H. The van der Waals surface area contributed by atoms with Gasteiger partial charge in [0, 0.05) is 73.0 Å². The predicted octanol–water partition coefficient (Wildman–Crippen LogP) is 18.1. The summed E-state index contributed by atoms with van der Waals surface area (Å²) in [5, 5.41) is 9.20. The minimum Gasteiger partial charge on any atom is -0.309 e. The van der Waals surface area contributed by atoms with Gasteiger partial charge < -0.3 is 9.13 Å². The van der Waals surface area contributed by atoms with Crippen molar-refractivity contribution in [3.05, 3.63) is 204 Å². The quantitative estimate of drug-likeness (QED) is 0.157. The second kappa shape index (κ2) is 14.1. The van der Waals surface area contributed by atoms with Crippen LogP contribution in [0.25, 0.3) is 127 Å². The Morgan fingerprint density at radius 3 is 1.55 bits per heavy atom. The predicted molar refractivity (Wildman–Crippen MR) is 269 cm³/mol. The van der Waals surface area contributed by atoms with Gasteiger partial charge in [-0.2, -0.15) is 13.2 Å². The number of para-hydroxylation sites is 2. The average molecular weight is 891 g/mol. The number of rotatable bonds is 4. The SMILES string of the molecule is [C-]#[N+]c1ccc(-n2c3ccccc3c3c4sc5ccccc5c4ccc32)c(-c2ccc(-c3ccc(C(F)(F)F)cc3[N+]#[C-])cc2-n2c3ccccc3c3c4sc5ccccc5c4ccc32)c1. The molecule has 0 saturated heterocycles. The number of hydrogen-bond donors (Lipinski definition) is 0. The molecule has 0 radical (unpaired) electrons. The minimum atomic E-state index is -4.60.